The van der Waals surface area contributed by atoms with Crippen molar-refractivity contribution in [1.82, 2.24) is 15.1 Å². The smallest absolute Gasteiger partial charge is 0.484 e. The van der Waals surface area contributed by atoms with Crippen molar-refractivity contribution in [2.45, 2.75) is 45.1 Å². The zero-order valence-electron chi connectivity index (χ0n) is 20.8. The summed E-state index contributed by atoms with van der Waals surface area (Å²) in [7, 11) is 1.51. The molecule has 0 bridgehead atoms. The van der Waals surface area contributed by atoms with Crippen molar-refractivity contribution in [1.29, 1.82) is 0 Å². The second-order valence-corrected chi connectivity index (χ2v) is 10.4. The number of benzene rings is 1. The lowest BCUT2D eigenvalue weighted by Crippen LogP contribution is -2.54. The molecule has 1 N–H and O–H groups in total. The molecule has 3 fully saturated rings. The third kappa shape index (κ3) is 5.52. The number of carbonyl (C=O) groups is 4. The SMILES string of the molecule is CN(C(=O)C1C2C(CN1C(=O)COc1ccc(OC(F)(F)F)cc1)C2(C)C)C(C=O)CC1CCNC1=O. The zero-order valence-corrected chi connectivity index (χ0v) is 20.8. The molecular formula is C25H30F3N3O6. The standard InChI is InChI=1S/C25H30F3N3O6/c1-24(2)18-11-31(19(33)13-36-16-4-6-17(7-5-16)37-25(26,27)28)21(20(18)24)23(35)30(3)15(12-32)10-14-8-9-29-22(14)34/h4-7,12,14-15,18,20-21H,8-11,13H2,1-3H3,(H,29,34). The van der Waals surface area contributed by atoms with E-state index in [2.05, 4.69) is 10.1 Å². The first-order valence-corrected chi connectivity index (χ1v) is 12.1. The maximum Gasteiger partial charge on any atom is 0.573 e. The van der Waals surface area contributed by atoms with Gasteiger partial charge in [0.1, 0.15) is 23.8 Å². The van der Waals surface area contributed by atoms with Gasteiger partial charge in [-0.05, 0) is 54.4 Å². The summed E-state index contributed by atoms with van der Waals surface area (Å²) < 4.78 is 46.3. The van der Waals surface area contributed by atoms with Gasteiger partial charge in [-0.15, -0.1) is 13.2 Å². The van der Waals surface area contributed by atoms with E-state index in [1.165, 1.54) is 29.0 Å². The van der Waals surface area contributed by atoms with Gasteiger partial charge in [-0.1, -0.05) is 13.8 Å². The lowest BCUT2D eigenvalue weighted by atomic mass is 9.96. The van der Waals surface area contributed by atoms with Crippen LogP contribution in [0.15, 0.2) is 24.3 Å². The number of nitrogens with zero attached hydrogens (tertiary/aromatic N) is 2. The van der Waals surface area contributed by atoms with Crippen LogP contribution in [-0.2, 0) is 19.2 Å². The molecule has 37 heavy (non-hydrogen) atoms. The van der Waals surface area contributed by atoms with Gasteiger partial charge in [0.2, 0.25) is 11.8 Å². The molecule has 5 unspecified atom stereocenters. The number of nitrogens with one attached hydrogen (secondary N) is 1. The van der Waals surface area contributed by atoms with E-state index >= 15 is 0 Å². The van der Waals surface area contributed by atoms with Crippen LogP contribution in [0.3, 0.4) is 0 Å². The summed E-state index contributed by atoms with van der Waals surface area (Å²) in [6.45, 7) is 4.55. The number of carbonyl (C=O) groups excluding carboxylic acids is 4. The minimum absolute atomic E-state index is 0.0766. The van der Waals surface area contributed by atoms with Crippen molar-refractivity contribution in [2.75, 3.05) is 26.7 Å². The van der Waals surface area contributed by atoms with E-state index in [1.807, 2.05) is 13.8 Å². The summed E-state index contributed by atoms with van der Waals surface area (Å²) in [5.74, 6) is -1.49. The topological polar surface area (TPSA) is 105 Å². The van der Waals surface area contributed by atoms with E-state index in [-0.39, 0.29) is 47.2 Å². The first-order valence-electron chi connectivity index (χ1n) is 12.1. The Labute approximate surface area is 212 Å². The van der Waals surface area contributed by atoms with E-state index in [4.69, 9.17) is 4.74 Å². The highest BCUT2D eigenvalue weighted by Crippen LogP contribution is 2.65. The van der Waals surface area contributed by atoms with Crippen LogP contribution in [0.5, 0.6) is 11.5 Å². The number of hydrogen-bond acceptors (Lipinski definition) is 6. The number of alkyl halides is 3. The molecule has 1 aliphatic carbocycles. The molecule has 4 rings (SSSR count). The Balaban J connectivity index is 1.41. The number of hydrogen-bond donors (Lipinski definition) is 1. The molecule has 202 valence electrons. The molecule has 1 aromatic carbocycles. The van der Waals surface area contributed by atoms with E-state index in [0.717, 1.165) is 12.1 Å². The van der Waals surface area contributed by atoms with Crippen LogP contribution in [0.25, 0.3) is 0 Å². The molecule has 1 saturated carbocycles. The molecule has 2 heterocycles. The van der Waals surface area contributed by atoms with E-state index in [0.29, 0.717) is 25.8 Å². The normalized spacial score (nSPS) is 26.6. The van der Waals surface area contributed by atoms with Gasteiger partial charge in [0.15, 0.2) is 6.61 Å². The van der Waals surface area contributed by atoms with Crippen molar-refractivity contribution >= 4 is 24.0 Å². The maximum absolute atomic E-state index is 13.6. The number of rotatable bonds is 9. The van der Waals surface area contributed by atoms with Crippen LogP contribution in [0, 0.1) is 23.2 Å². The Hall–Kier alpha value is -3.31. The third-order valence-electron chi connectivity index (χ3n) is 7.89. The van der Waals surface area contributed by atoms with Crippen LogP contribution in [-0.4, -0.2) is 79.0 Å². The van der Waals surface area contributed by atoms with Gasteiger partial charge in [-0.3, -0.25) is 14.4 Å². The van der Waals surface area contributed by atoms with Gasteiger partial charge in [-0.2, -0.15) is 0 Å². The second kappa shape index (κ2) is 9.86. The zero-order chi connectivity index (χ0) is 27.1. The lowest BCUT2D eigenvalue weighted by Gasteiger charge is -2.34. The predicted molar refractivity (Wildman–Crippen MR) is 123 cm³/mol. The number of aldehydes is 1. The average molecular weight is 526 g/mol. The summed E-state index contributed by atoms with van der Waals surface area (Å²) in [6.07, 6.45) is -3.34. The minimum atomic E-state index is -4.82. The Morgan fingerprint density at radius 1 is 1.24 bits per heavy atom. The third-order valence-corrected chi connectivity index (χ3v) is 7.89. The molecule has 12 heteroatoms. The molecule has 0 aromatic heterocycles. The van der Waals surface area contributed by atoms with Gasteiger partial charge in [-0.25, -0.2) is 0 Å². The number of piperidine rings is 1. The largest absolute Gasteiger partial charge is 0.573 e. The molecule has 2 saturated heterocycles. The first-order chi connectivity index (χ1) is 17.3. The van der Waals surface area contributed by atoms with Crippen LogP contribution >= 0.6 is 0 Å². The highest BCUT2D eigenvalue weighted by atomic mass is 19.4. The minimum Gasteiger partial charge on any atom is -0.484 e. The van der Waals surface area contributed by atoms with Gasteiger partial charge in [0, 0.05) is 26.1 Å². The fourth-order valence-electron chi connectivity index (χ4n) is 5.63. The van der Waals surface area contributed by atoms with Crippen LogP contribution in [0.1, 0.15) is 26.7 Å². The maximum atomic E-state index is 13.6. The molecule has 3 amide bonds. The highest BCUT2D eigenvalue weighted by Gasteiger charge is 2.69. The molecule has 2 aliphatic heterocycles. The molecule has 3 aliphatic rings. The fourth-order valence-corrected chi connectivity index (χ4v) is 5.63. The van der Waals surface area contributed by atoms with Crippen molar-refractivity contribution < 1.29 is 41.8 Å². The molecule has 1 aromatic rings. The molecule has 0 spiro atoms. The van der Waals surface area contributed by atoms with Crippen molar-refractivity contribution in [2.24, 2.45) is 23.2 Å². The molecule has 0 radical (unpaired) electrons. The van der Waals surface area contributed by atoms with Crippen LogP contribution in [0.4, 0.5) is 13.2 Å². The Morgan fingerprint density at radius 2 is 1.89 bits per heavy atom. The fraction of sp³-hybridized carbons (Fsp3) is 0.600. The number of halogens is 3. The van der Waals surface area contributed by atoms with Crippen molar-refractivity contribution in [3.63, 3.8) is 0 Å². The average Bonchev–Trinajstić information content (AvgIpc) is 3.19. The van der Waals surface area contributed by atoms with Crippen LogP contribution < -0.4 is 14.8 Å². The summed E-state index contributed by atoms with van der Waals surface area (Å²) in [5.41, 5.74) is -0.144. The second-order valence-electron chi connectivity index (χ2n) is 10.4. The van der Waals surface area contributed by atoms with Gasteiger partial charge >= 0.3 is 6.36 Å². The highest BCUT2D eigenvalue weighted by molar-refractivity contribution is 5.91. The quantitative estimate of drug-likeness (QED) is 0.495. The van der Waals surface area contributed by atoms with Gasteiger partial charge in [0.25, 0.3) is 5.91 Å². The lowest BCUT2D eigenvalue weighted by molar-refractivity contribution is -0.274. The number of likely N-dealkylation sites (N-methyl/N-ethyl adjacent to an activating group) is 1. The summed E-state index contributed by atoms with van der Waals surface area (Å²) in [6, 6.07) is 3.08. The van der Waals surface area contributed by atoms with E-state index in [9.17, 15) is 32.3 Å². The number of fused-ring (bicyclic) bond motifs is 1. The summed E-state index contributed by atoms with van der Waals surface area (Å²) >= 11 is 0. The van der Waals surface area contributed by atoms with Crippen LogP contribution in [0.2, 0.25) is 0 Å². The van der Waals surface area contributed by atoms with Crippen molar-refractivity contribution in [3.05, 3.63) is 24.3 Å². The van der Waals surface area contributed by atoms with Gasteiger partial charge in [0.05, 0.1) is 6.04 Å². The molecule has 9 nitrogen and oxygen atoms in total. The van der Waals surface area contributed by atoms with Crippen molar-refractivity contribution in [3.8, 4) is 11.5 Å². The number of amides is 3. The van der Waals surface area contributed by atoms with E-state index in [1.54, 1.807) is 0 Å². The van der Waals surface area contributed by atoms with Gasteiger partial charge < -0.3 is 29.4 Å². The Morgan fingerprint density at radius 3 is 2.46 bits per heavy atom. The Kier molecular flexibility index (Phi) is 7.13. The first kappa shape index (κ1) is 26.7. The summed E-state index contributed by atoms with van der Waals surface area (Å²) in [5, 5.41) is 2.73. The molecule has 5 atom stereocenters. The number of ether oxygens (including phenoxy) is 2. The molecular weight excluding hydrogens is 495 g/mol. The monoisotopic (exact) mass is 525 g/mol. The predicted octanol–water partition coefficient (Wildman–Crippen LogP) is 2.00. The van der Waals surface area contributed by atoms with E-state index < -0.39 is 36.7 Å². The summed E-state index contributed by atoms with van der Waals surface area (Å²) in [4.78, 5) is 53.3. The Bertz CT molecular complexity index is 1060. The number of likely N-dealkylation sites (tertiary alicyclic amines) is 1.